The average Bonchev–Trinajstić information content (AvgIpc) is 2.22. The standard InChI is InChI=1S/2C5H12.C5H10/c1-4-5(2)3;2*1-3-5-4-2/h5H,4H2,1-3H3;3-5H2,1-2H3;3H,1,4-5H2,2H3. The molecule has 0 fully saturated rings. The van der Waals surface area contributed by atoms with Crippen LogP contribution >= 0.6 is 0 Å². The Labute approximate surface area is 99.2 Å². The van der Waals surface area contributed by atoms with Crippen molar-refractivity contribution in [3.63, 3.8) is 0 Å². The number of allylic oxidation sites excluding steroid dienone is 1. The Morgan fingerprint density at radius 2 is 1.33 bits per heavy atom. The maximum atomic E-state index is 3.55. The number of hydrogen-bond acceptors (Lipinski definition) is 0. The quantitative estimate of drug-likeness (QED) is 0.476. The highest BCUT2D eigenvalue weighted by Crippen LogP contribution is 1.93. The van der Waals surface area contributed by atoms with E-state index in [1.165, 1.54) is 32.1 Å². The molecular formula is C15H34. The lowest BCUT2D eigenvalue weighted by molar-refractivity contribution is 0.626. The van der Waals surface area contributed by atoms with Crippen LogP contribution in [-0.4, -0.2) is 0 Å². The Morgan fingerprint density at radius 1 is 0.933 bits per heavy atom. The van der Waals surface area contributed by atoms with Crippen LogP contribution < -0.4 is 0 Å². The average molecular weight is 214 g/mol. The first-order chi connectivity index (χ1) is 7.10. The van der Waals surface area contributed by atoms with Crippen LogP contribution in [0.1, 0.15) is 80.1 Å². The van der Waals surface area contributed by atoms with Crippen molar-refractivity contribution >= 4 is 0 Å². The van der Waals surface area contributed by atoms with E-state index in [4.69, 9.17) is 0 Å². The summed E-state index contributed by atoms with van der Waals surface area (Å²) in [5.41, 5.74) is 0. The summed E-state index contributed by atoms with van der Waals surface area (Å²) in [6.45, 7) is 16.8. The molecule has 15 heavy (non-hydrogen) atoms. The lowest BCUT2D eigenvalue weighted by Crippen LogP contribution is -1.77. The molecule has 0 aromatic heterocycles. The number of unbranched alkanes of at least 4 members (excludes halogenated alkanes) is 3. The first-order valence-electron chi connectivity index (χ1n) is 6.71. The molecule has 0 heterocycles. The van der Waals surface area contributed by atoms with Gasteiger partial charge in [0.25, 0.3) is 0 Å². The third-order valence-electron chi connectivity index (χ3n) is 2.02. The zero-order valence-electron chi connectivity index (χ0n) is 12.1. The molecule has 0 aliphatic carbocycles. The molecule has 0 radical (unpaired) electrons. The van der Waals surface area contributed by atoms with Crippen molar-refractivity contribution in [2.75, 3.05) is 0 Å². The van der Waals surface area contributed by atoms with E-state index in [0.29, 0.717) is 0 Å². The summed E-state index contributed by atoms with van der Waals surface area (Å²) in [5.74, 6) is 0.884. The van der Waals surface area contributed by atoms with E-state index in [2.05, 4.69) is 48.1 Å². The monoisotopic (exact) mass is 214 g/mol. The molecule has 0 saturated heterocycles. The van der Waals surface area contributed by atoms with Gasteiger partial charge in [-0.15, -0.1) is 6.58 Å². The van der Waals surface area contributed by atoms with Crippen molar-refractivity contribution in [3.05, 3.63) is 12.7 Å². The Bertz CT molecular complexity index is 80.0. The molecule has 0 nitrogen and oxygen atoms in total. The first-order valence-corrected chi connectivity index (χ1v) is 6.71. The van der Waals surface area contributed by atoms with E-state index in [9.17, 15) is 0 Å². The molecular weight excluding hydrogens is 180 g/mol. The minimum absolute atomic E-state index is 0.884. The fraction of sp³-hybridized carbons (Fsp3) is 0.867. The summed E-state index contributed by atoms with van der Waals surface area (Å²) in [7, 11) is 0. The van der Waals surface area contributed by atoms with Crippen LogP contribution in [0.15, 0.2) is 12.7 Å². The second-order valence-electron chi connectivity index (χ2n) is 4.23. The highest BCUT2D eigenvalue weighted by Gasteiger charge is 1.80. The van der Waals surface area contributed by atoms with Crippen molar-refractivity contribution in [1.82, 2.24) is 0 Å². The van der Waals surface area contributed by atoms with Crippen molar-refractivity contribution in [3.8, 4) is 0 Å². The van der Waals surface area contributed by atoms with Gasteiger partial charge in [0.15, 0.2) is 0 Å². The molecule has 0 saturated carbocycles. The predicted molar refractivity (Wildman–Crippen MR) is 75.4 cm³/mol. The molecule has 0 aliphatic rings. The SMILES string of the molecule is C=CCCC.CCC(C)C.CCCCC. The second-order valence-corrected chi connectivity index (χ2v) is 4.23. The van der Waals surface area contributed by atoms with Crippen molar-refractivity contribution in [2.45, 2.75) is 80.1 Å². The first kappa shape index (κ1) is 20.2. The molecule has 0 bridgehead atoms. The Kier molecular flexibility index (Phi) is 31.6. The Balaban J connectivity index is -0.000000144. The molecule has 0 aromatic carbocycles. The summed E-state index contributed by atoms with van der Waals surface area (Å²) in [6, 6.07) is 0. The van der Waals surface area contributed by atoms with E-state index in [1.54, 1.807) is 0 Å². The third-order valence-corrected chi connectivity index (χ3v) is 2.02. The highest BCUT2D eigenvalue weighted by atomic mass is 13.9. The maximum Gasteiger partial charge on any atom is -0.0356 e. The second kappa shape index (κ2) is 23.5. The molecule has 94 valence electrons. The van der Waals surface area contributed by atoms with Crippen LogP contribution in [0.3, 0.4) is 0 Å². The topological polar surface area (TPSA) is 0 Å². The smallest absolute Gasteiger partial charge is 0.0356 e. The van der Waals surface area contributed by atoms with Crippen LogP contribution in [0.2, 0.25) is 0 Å². The van der Waals surface area contributed by atoms with Crippen LogP contribution in [0.4, 0.5) is 0 Å². The minimum Gasteiger partial charge on any atom is -0.103 e. The van der Waals surface area contributed by atoms with Crippen LogP contribution in [0, 0.1) is 5.92 Å². The lowest BCUT2D eigenvalue weighted by atomic mass is 10.2. The van der Waals surface area contributed by atoms with Gasteiger partial charge in [0.1, 0.15) is 0 Å². The van der Waals surface area contributed by atoms with E-state index in [0.717, 1.165) is 12.3 Å². The molecule has 0 aliphatic heterocycles. The van der Waals surface area contributed by atoms with Gasteiger partial charge in [-0.25, -0.2) is 0 Å². The summed E-state index contributed by atoms with van der Waals surface area (Å²) in [6.07, 6.45) is 9.69. The van der Waals surface area contributed by atoms with Gasteiger partial charge in [0, 0.05) is 0 Å². The number of rotatable bonds is 5. The van der Waals surface area contributed by atoms with E-state index in [1.807, 2.05) is 6.08 Å². The molecule has 0 heteroatoms. The van der Waals surface area contributed by atoms with Crippen LogP contribution in [0.5, 0.6) is 0 Å². The molecule has 0 N–H and O–H groups in total. The zero-order valence-corrected chi connectivity index (χ0v) is 12.1. The predicted octanol–water partition coefficient (Wildman–Crippen LogP) is 6.22. The maximum absolute atomic E-state index is 3.55. The molecule has 0 spiro atoms. The van der Waals surface area contributed by atoms with Gasteiger partial charge in [-0.05, 0) is 12.3 Å². The summed E-state index contributed by atoms with van der Waals surface area (Å²) in [5, 5.41) is 0. The van der Waals surface area contributed by atoms with Gasteiger partial charge in [-0.3, -0.25) is 0 Å². The molecule has 0 rings (SSSR count). The fourth-order valence-electron chi connectivity index (χ4n) is 0.558. The normalized spacial score (nSPS) is 8.47. The van der Waals surface area contributed by atoms with Gasteiger partial charge in [-0.2, -0.15) is 0 Å². The van der Waals surface area contributed by atoms with Crippen LogP contribution in [-0.2, 0) is 0 Å². The van der Waals surface area contributed by atoms with Gasteiger partial charge in [-0.1, -0.05) is 79.7 Å². The van der Waals surface area contributed by atoms with Gasteiger partial charge in [0.05, 0.1) is 0 Å². The molecule has 0 amide bonds. The number of hydrogen-bond donors (Lipinski definition) is 0. The molecule has 0 unspecified atom stereocenters. The van der Waals surface area contributed by atoms with Gasteiger partial charge >= 0.3 is 0 Å². The summed E-state index contributed by atoms with van der Waals surface area (Å²) in [4.78, 5) is 0. The minimum atomic E-state index is 0.884. The summed E-state index contributed by atoms with van der Waals surface area (Å²) >= 11 is 0. The van der Waals surface area contributed by atoms with Gasteiger partial charge < -0.3 is 0 Å². The summed E-state index contributed by atoms with van der Waals surface area (Å²) < 4.78 is 0. The van der Waals surface area contributed by atoms with Crippen molar-refractivity contribution < 1.29 is 0 Å². The Hall–Kier alpha value is -0.260. The highest BCUT2D eigenvalue weighted by molar-refractivity contribution is 4.63. The molecule has 0 aromatic rings. The van der Waals surface area contributed by atoms with Crippen molar-refractivity contribution in [2.24, 2.45) is 5.92 Å². The van der Waals surface area contributed by atoms with E-state index in [-0.39, 0.29) is 0 Å². The van der Waals surface area contributed by atoms with Gasteiger partial charge in [0.2, 0.25) is 0 Å². The largest absolute Gasteiger partial charge is 0.103 e. The molecule has 0 atom stereocenters. The fourth-order valence-corrected chi connectivity index (χ4v) is 0.558. The van der Waals surface area contributed by atoms with E-state index < -0.39 is 0 Å². The van der Waals surface area contributed by atoms with Crippen molar-refractivity contribution in [1.29, 1.82) is 0 Å². The third kappa shape index (κ3) is 57.5. The van der Waals surface area contributed by atoms with E-state index >= 15 is 0 Å². The van der Waals surface area contributed by atoms with Crippen LogP contribution in [0.25, 0.3) is 0 Å². The zero-order chi connectivity index (χ0) is 12.5. The Morgan fingerprint density at radius 3 is 1.33 bits per heavy atom. The lowest BCUT2D eigenvalue weighted by Gasteiger charge is -1.90.